The van der Waals surface area contributed by atoms with E-state index in [1.165, 1.54) is 0 Å². The highest BCUT2D eigenvalue weighted by Gasteiger charge is 2.36. The Bertz CT molecular complexity index is 960. The van der Waals surface area contributed by atoms with Crippen molar-refractivity contribution in [3.63, 3.8) is 0 Å². The summed E-state index contributed by atoms with van der Waals surface area (Å²) in [6.07, 6.45) is 1.65. The van der Waals surface area contributed by atoms with Gasteiger partial charge in [0.15, 0.2) is 0 Å². The highest BCUT2D eigenvalue weighted by Crippen LogP contribution is 2.32. The first-order chi connectivity index (χ1) is 12.8. The number of hydrogen-bond acceptors (Lipinski definition) is 4. The van der Waals surface area contributed by atoms with Crippen molar-refractivity contribution < 1.29 is 14.4 Å². The molecule has 1 heterocycles. The number of carbonyl (C=O) groups is 3. The summed E-state index contributed by atoms with van der Waals surface area (Å²) in [5.74, 6) is -0.937. The van der Waals surface area contributed by atoms with Crippen LogP contribution < -0.4 is 5.32 Å². The first-order valence-electron chi connectivity index (χ1n) is 7.90. The molecule has 0 spiro atoms. The van der Waals surface area contributed by atoms with Crippen molar-refractivity contribution in [1.82, 2.24) is 4.90 Å². The van der Waals surface area contributed by atoms with Crippen LogP contribution in [0, 0.1) is 10.5 Å². The summed E-state index contributed by atoms with van der Waals surface area (Å²) < 4.78 is 1.07. The molecule has 138 valence electrons. The SMILES string of the molecule is Cc1ccc(NC(=O)CN2C(=O)S/C(=C\c3ccc(I)cc3)C2=O)cc1Cl. The molecule has 3 rings (SSSR count). The second kappa shape index (κ2) is 8.45. The number of nitrogens with one attached hydrogen (secondary N) is 1. The van der Waals surface area contributed by atoms with Crippen molar-refractivity contribution in [3.8, 4) is 0 Å². The Morgan fingerprint density at radius 2 is 1.93 bits per heavy atom. The topological polar surface area (TPSA) is 66.5 Å². The summed E-state index contributed by atoms with van der Waals surface area (Å²) in [6, 6.07) is 12.7. The fourth-order valence-electron chi connectivity index (χ4n) is 2.36. The van der Waals surface area contributed by atoms with Crippen molar-refractivity contribution in [2.24, 2.45) is 0 Å². The van der Waals surface area contributed by atoms with Crippen LogP contribution in [0.5, 0.6) is 0 Å². The van der Waals surface area contributed by atoms with Gasteiger partial charge in [-0.15, -0.1) is 0 Å². The van der Waals surface area contributed by atoms with Gasteiger partial charge in [0.05, 0.1) is 4.91 Å². The zero-order valence-corrected chi connectivity index (χ0v) is 17.9. The molecule has 0 aliphatic carbocycles. The minimum atomic E-state index is -0.472. The zero-order valence-electron chi connectivity index (χ0n) is 14.2. The first-order valence-corrected chi connectivity index (χ1v) is 10.2. The van der Waals surface area contributed by atoms with Crippen LogP contribution >= 0.6 is 46.0 Å². The molecule has 2 aromatic carbocycles. The summed E-state index contributed by atoms with van der Waals surface area (Å²) in [4.78, 5) is 38.1. The Hall–Kier alpha value is -1.84. The molecule has 2 aromatic rings. The van der Waals surface area contributed by atoms with E-state index in [2.05, 4.69) is 27.9 Å². The molecule has 0 saturated carbocycles. The van der Waals surface area contributed by atoms with Gasteiger partial charge in [-0.1, -0.05) is 29.8 Å². The Morgan fingerprint density at radius 3 is 2.59 bits per heavy atom. The van der Waals surface area contributed by atoms with E-state index in [0.29, 0.717) is 15.6 Å². The van der Waals surface area contributed by atoms with Crippen molar-refractivity contribution in [2.75, 3.05) is 11.9 Å². The van der Waals surface area contributed by atoms with Gasteiger partial charge in [-0.3, -0.25) is 19.3 Å². The normalized spacial score (nSPS) is 15.5. The smallest absolute Gasteiger partial charge is 0.294 e. The predicted octanol–water partition coefficient (Wildman–Crippen LogP) is 4.93. The Kier molecular flexibility index (Phi) is 6.23. The van der Waals surface area contributed by atoms with Crippen LogP contribution in [0.25, 0.3) is 6.08 Å². The van der Waals surface area contributed by atoms with Gasteiger partial charge in [-0.05, 0) is 82.7 Å². The van der Waals surface area contributed by atoms with E-state index >= 15 is 0 Å². The quantitative estimate of drug-likeness (QED) is 0.466. The average Bonchev–Trinajstić information content (AvgIpc) is 2.87. The van der Waals surface area contributed by atoms with Gasteiger partial charge >= 0.3 is 0 Å². The number of nitrogens with zero attached hydrogens (tertiary/aromatic N) is 1. The molecule has 1 aliphatic rings. The molecule has 1 fully saturated rings. The maximum atomic E-state index is 12.5. The summed E-state index contributed by atoms with van der Waals surface area (Å²) in [7, 11) is 0. The number of amides is 3. The summed E-state index contributed by atoms with van der Waals surface area (Å²) in [5.41, 5.74) is 2.22. The monoisotopic (exact) mass is 512 g/mol. The van der Waals surface area contributed by atoms with Crippen LogP contribution in [-0.2, 0) is 9.59 Å². The van der Waals surface area contributed by atoms with Crippen LogP contribution in [0.1, 0.15) is 11.1 Å². The molecule has 0 bridgehead atoms. The van der Waals surface area contributed by atoms with E-state index in [9.17, 15) is 14.4 Å². The minimum Gasteiger partial charge on any atom is -0.324 e. The molecule has 0 aromatic heterocycles. The number of thioether (sulfide) groups is 1. The number of imide groups is 1. The average molecular weight is 513 g/mol. The summed E-state index contributed by atoms with van der Waals surface area (Å²) in [5, 5.41) is 2.71. The Balaban J connectivity index is 1.68. The Morgan fingerprint density at radius 1 is 1.22 bits per heavy atom. The second-order valence-electron chi connectivity index (χ2n) is 5.83. The van der Waals surface area contributed by atoms with Crippen LogP contribution in [0.4, 0.5) is 10.5 Å². The number of carbonyl (C=O) groups excluding carboxylic acids is 3. The molecule has 1 N–H and O–H groups in total. The van der Waals surface area contributed by atoms with Crippen LogP contribution in [0.15, 0.2) is 47.4 Å². The van der Waals surface area contributed by atoms with Crippen molar-refractivity contribution in [1.29, 1.82) is 0 Å². The lowest BCUT2D eigenvalue weighted by Crippen LogP contribution is -2.36. The molecule has 1 saturated heterocycles. The number of benzene rings is 2. The number of anilines is 1. The lowest BCUT2D eigenvalue weighted by Gasteiger charge is -2.13. The molecule has 0 atom stereocenters. The van der Waals surface area contributed by atoms with Gasteiger partial charge < -0.3 is 5.32 Å². The molecule has 8 heteroatoms. The third-order valence-corrected chi connectivity index (χ3v) is 5.83. The summed E-state index contributed by atoms with van der Waals surface area (Å²) in [6.45, 7) is 1.51. The fraction of sp³-hybridized carbons (Fsp3) is 0.105. The number of rotatable bonds is 4. The maximum absolute atomic E-state index is 12.5. The minimum absolute atomic E-state index is 0.299. The van der Waals surface area contributed by atoms with Crippen LogP contribution in [-0.4, -0.2) is 28.5 Å². The molecule has 27 heavy (non-hydrogen) atoms. The van der Waals surface area contributed by atoms with Gasteiger partial charge in [-0.2, -0.15) is 0 Å². The lowest BCUT2D eigenvalue weighted by molar-refractivity contribution is -0.127. The van der Waals surface area contributed by atoms with Crippen molar-refractivity contribution in [3.05, 3.63) is 67.1 Å². The first kappa shape index (κ1) is 19.9. The highest BCUT2D eigenvalue weighted by molar-refractivity contribution is 14.1. The third kappa shape index (κ3) is 4.91. The van der Waals surface area contributed by atoms with E-state index in [-0.39, 0.29) is 6.54 Å². The number of aryl methyl sites for hydroxylation is 1. The van der Waals surface area contributed by atoms with Crippen molar-refractivity contribution >= 4 is 74.8 Å². The lowest BCUT2D eigenvalue weighted by atomic mass is 10.2. The number of hydrogen-bond donors (Lipinski definition) is 1. The van der Waals surface area contributed by atoms with Crippen molar-refractivity contribution in [2.45, 2.75) is 6.92 Å². The summed E-state index contributed by atoms with van der Waals surface area (Å²) >= 11 is 9.06. The van der Waals surface area contributed by atoms with Gasteiger partial charge in [0, 0.05) is 14.3 Å². The molecular formula is C19H14ClIN2O3S. The van der Waals surface area contributed by atoms with Gasteiger partial charge in [0.1, 0.15) is 6.54 Å². The van der Waals surface area contributed by atoms with E-state index in [1.54, 1.807) is 24.3 Å². The third-order valence-electron chi connectivity index (χ3n) is 3.80. The largest absolute Gasteiger partial charge is 0.324 e. The number of halogens is 2. The maximum Gasteiger partial charge on any atom is 0.294 e. The van der Waals surface area contributed by atoms with Gasteiger partial charge in [0.2, 0.25) is 5.91 Å². The molecule has 5 nitrogen and oxygen atoms in total. The van der Waals surface area contributed by atoms with E-state index in [1.807, 2.05) is 31.2 Å². The Labute approximate surface area is 179 Å². The fourth-order valence-corrected chi connectivity index (χ4v) is 3.74. The molecule has 3 amide bonds. The standard InChI is InChI=1S/C19H14ClIN2O3S/c1-11-2-7-14(9-15(11)20)22-17(24)10-23-18(25)16(27-19(23)26)8-12-3-5-13(21)6-4-12/h2-9H,10H2,1H3,(H,22,24)/b16-8-. The van der Waals surface area contributed by atoms with Crippen LogP contribution in [0.2, 0.25) is 5.02 Å². The zero-order chi connectivity index (χ0) is 19.6. The predicted molar refractivity (Wildman–Crippen MR) is 117 cm³/mol. The van der Waals surface area contributed by atoms with Gasteiger partial charge in [0.25, 0.3) is 11.1 Å². The molecule has 0 radical (unpaired) electrons. The van der Waals surface area contributed by atoms with E-state index < -0.39 is 17.1 Å². The van der Waals surface area contributed by atoms with Gasteiger partial charge in [-0.25, -0.2) is 0 Å². The van der Waals surface area contributed by atoms with Crippen LogP contribution in [0.3, 0.4) is 0 Å². The van der Waals surface area contributed by atoms with E-state index in [0.717, 1.165) is 31.4 Å². The second-order valence-corrected chi connectivity index (χ2v) is 8.48. The molecule has 0 unspecified atom stereocenters. The molecule has 1 aliphatic heterocycles. The van der Waals surface area contributed by atoms with E-state index in [4.69, 9.17) is 11.6 Å². The molecular weight excluding hydrogens is 499 g/mol. The highest BCUT2D eigenvalue weighted by atomic mass is 127.